The van der Waals surface area contributed by atoms with Gasteiger partial charge in [0.25, 0.3) is 5.92 Å². The summed E-state index contributed by atoms with van der Waals surface area (Å²) in [5, 5.41) is 8.26. The molecule has 0 amide bonds. The highest BCUT2D eigenvalue weighted by molar-refractivity contribution is 7.19. The second-order valence-corrected chi connectivity index (χ2v) is 10.3. The van der Waals surface area contributed by atoms with Gasteiger partial charge in [0, 0.05) is 22.0 Å². The number of alkyl halides is 2. The van der Waals surface area contributed by atoms with Crippen LogP contribution in [0.25, 0.3) is 27.1 Å². The Morgan fingerprint density at radius 2 is 2.03 bits per heavy atom. The largest absolute Gasteiger partial charge is 0.346 e. The van der Waals surface area contributed by atoms with E-state index in [0.717, 1.165) is 43.1 Å². The molecule has 1 unspecified atom stereocenters. The number of halogens is 2. The SMILES string of the molecule is Cc1c(C2(C)CCNCC2(F)F)sc2[nH]c(-c3cc(C)c4ncnn4c3)c(C(C)C)c12. The molecule has 1 aliphatic heterocycles. The number of hydrogen-bond acceptors (Lipinski definition) is 4. The van der Waals surface area contributed by atoms with Gasteiger partial charge in [-0.1, -0.05) is 13.8 Å². The van der Waals surface area contributed by atoms with Crippen LogP contribution in [0.3, 0.4) is 0 Å². The van der Waals surface area contributed by atoms with Crippen molar-refractivity contribution in [2.45, 2.75) is 58.3 Å². The summed E-state index contributed by atoms with van der Waals surface area (Å²) < 4.78 is 31.9. The van der Waals surface area contributed by atoms with Crippen LogP contribution in [-0.4, -0.2) is 38.6 Å². The number of aromatic amines is 1. The van der Waals surface area contributed by atoms with Gasteiger partial charge in [-0.25, -0.2) is 18.3 Å². The number of fused-ring (bicyclic) bond motifs is 2. The molecule has 0 saturated carbocycles. The lowest BCUT2D eigenvalue weighted by Crippen LogP contribution is -2.55. The van der Waals surface area contributed by atoms with Crippen molar-refractivity contribution in [1.82, 2.24) is 24.9 Å². The van der Waals surface area contributed by atoms with E-state index in [1.165, 1.54) is 16.9 Å². The van der Waals surface area contributed by atoms with Crippen LogP contribution in [0, 0.1) is 13.8 Å². The minimum atomic E-state index is -2.78. The molecule has 0 radical (unpaired) electrons. The van der Waals surface area contributed by atoms with Crippen LogP contribution in [0.2, 0.25) is 0 Å². The Kier molecular flexibility index (Phi) is 4.54. The first-order valence-corrected chi connectivity index (χ1v) is 11.5. The fourth-order valence-electron chi connectivity index (χ4n) is 5.04. The lowest BCUT2D eigenvalue weighted by atomic mass is 9.75. The summed E-state index contributed by atoms with van der Waals surface area (Å²) in [6.45, 7) is 10.4. The number of aromatic nitrogens is 4. The quantitative estimate of drug-likeness (QED) is 0.435. The van der Waals surface area contributed by atoms with Crippen LogP contribution < -0.4 is 5.32 Å². The number of piperidine rings is 1. The average molecular weight is 444 g/mol. The van der Waals surface area contributed by atoms with Crippen LogP contribution in [-0.2, 0) is 5.41 Å². The third-order valence-corrected chi connectivity index (χ3v) is 8.28. The van der Waals surface area contributed by atoms with E-state index in [1.54, 1.807) is 17.8 Å². The molecule has 0 aliphatic carbocycles. The summed E-state index contributed by atoms with van der Waals surface area (Å²) in [6, 6.07) is 2.11. The fraction of sp³-hybridized carbons (Fsp3) is 0.478. The molecular weight excluding hydrogens is 416 g/mol. The second kappa shape index (κ2) is 6.84. The molecule has 2 N–H and O–H groups in total. The van der Waals surface area contributed by atoms with Gasteiger partial charge in [-0.3, -0.25) is 0 Å². The molecule has 1 aliphatic rings. The number of rotatable bonds is 3. The first-order valence-electron chi connectivity index (χ1n) is 10.7. The monoisotopic (exact) mass is 443 g/mol. The van der Waals surface area contributed by atoms with E-state index < -0.39 is 11.3 Å². The summed E-state index contributed by atoms with van der Waals surface area (Å²) in [5.74, 6) is -2.55. The minimum Gasteiger partial charge on any atom is -0.346 e. The Morgan fingerprint density at radius 1 is 1.26 bits per heavy atom. The smallest absolute Gasteiger partial charge is 0.270 e. The first-order chi connectivity index (χ1) is 14.6. The van der Waals surface area contributed by atoms with Crippen molar-refractivity contribution in [3.05, 3.63) is 40.2 Å². The van der Waals surface area contributed by atoms with E-state index in [4.69, 9.17) is 0 Å². The van der Waals surface area contributed by atoms with E-state index in [-0.39, 0.29) is 12.5 Å². The van der Waals surface area contributed by atoms with E-state index in [9.17, 15) is 0 Å². The Hall–Kier alpha value is -2.32. The highest BCUT2D eigenvalue weighted by Gasteiger charge is 2.54. The number of H-pyrrole nitrogens is 1. The van der Waals surface area contributed by atoms with Crippen LogP contribution in [0.1, 0.15) is 54.7 Å². The molecule has 1 atom stereocenters. The lowest BCUT2D eigenvalue weighted by molar-refractivity contribution is -0.0865. The fourth-order valence-corrected chi connectivity index (χ4v) is 6.49. The third kappa shape index (κ3) is 2.88. The van der Waals surface area contributed by atoms with Crippen molar-refractivity contribution in [3.63, 3.8) is 0 Å². The average Bonchev–Trinajstić information content (AvgIpc) is 3.39. The molecular formula is C23H27F2N5S. The number of pyridine rings is 1. The van der Waals surface area contributed by atoms with Crippen molar-refractivity contribution >= 4 is 27.2 Å². The van der Waals surface area contributed by atoms with Crippen molar-refractivity contribution in [1.29, 1.82) is 0 Å². The van der Waals surface area contributed by atoms with Gasteiger partial charge >= 0.3 is 0 Å². The summed E-state index contributed by atoms with van der Waals surface area (Å²) in [7, 11) is 0. The Balaban J connectivity index is 1.73. The van der Waals surface area contributed by atoms with Crippen LogP contribution >= 0.6 is 11.3 Å². The Labute approximate surface area is 183 Å². The van der Waals surface area contributed by atoms with E-state index >= 15 is 8.78 Å². The zero-order valence-corrected chi connectivity index (χ0v) is 19.3. The molecule has 1 saturated heterocycles. The molecule has 31 heavy (non-hydrogen) atoms. The van der Waals surface area contributed by atoms with Crippen molar-refractivity contribution in [2.75, 3.05) is 13.1 Å². The zero-order valence-electron chi connectivity index (χ0n) is 18.4. The maximum absolute atomic E-state index is 15.0. The van der Waals surface area contributed by atoms with Crippen molar-refractivity contribution in [2.24, 2.45) is 0 Å². The Bertz CT molecular complexity index is 1300. The second-order valence-electron chi connectivity index (χ2n) is 9.23. The zero-order chi connectivity index (χ0) is 22.1. The predicted octanol–water partition coefficient (Wildman–Crippen LogP) is 5.57. The van der Waals surface area contributed by atoms with Gasteiger partial charge in [-0.2, -0.15) is 5.10 Å². The number of thiophene rings is 1. The molecule has 4 aromatic rings. The molecule has 8 heteroatoms. The number of hydrogen-bond donors (Lipinski definition) is 2. The molecule has 5 rings (SSSR count). The molecule has 5 heterocycles. The van der Waals surface area contributed by atoms with E-state index in [1.807, 2.05) is 20.0 Å². The van der Waals surface area contributed by atoms with Gasteiger partial charge in [0.1, 0.15) is 11.2 Å². The number of nitrogens with zero attached hydrogens (tertiary/aromatic N) is 3. The molecule has 1 fully saturated rings. The maximum Gasteiger partial charge on any atom is 0.270 e. The number of nitrogens with one attached hydrogen (secondary N) is 2. The minimum absolute atomic E-state index is 0.234. The normalized spacial score (nSPS) is 21.5. The Morgan fingerprint density at radius 3 is 2.74 bits per heavy atom. The molecule has 0 aromatic carbocycles. The summed E-state index contributed by atoms with van der Waals surface area (Å²) in [4.78, 5) is 9.67. The lowest BCUT2D eigenvalue weighted by Gasteiger charge is -2.41. The molecule has 5 nitrogen and oxygen atoms in total. The molecule has 164 valence electrons. The van der Waals surface area contributed by atoms with Crippen LogP contribution in [0.15, 0.2) is 18.6 Å². The highest BCUT2D eigenvalue weighted by Crippen LogP contribution is 2.51. The summed E-state index contributed by atoms with van der Waals surface area (Å²) >= 11 is 1.49. The molecule has 0 bridgehead atoms. The highest BCUT2D eigenvalue weighted by atomic mass is 32.1. The van der Waals surface area contributed by atoms with Gasteiger partial charge in [0.05, 0.1) is 17.7 Å². The van der Waals surface area contributed by atoms with Crippen molar-refractivity contribution in [3.8, 4) is 11.3 Å². The predicted molar refractivity (Wildman–Crippen MR) is 122 cm³/mol. The first kappa shape index (κ1) is 20.6. The standard InChI is InChI=1S/C23H27F2N5S/c1-12(2)16-17-14(4)19(22(5)6-7-26-10-23(22,24)25)31-21(17)29-18(16)15-8-13(3)20-27-11-28-30(20)9-15/h8-9,11-12,26,29H,6-7,10H2,1-5H3. The summed E-state index contributed by atoms with van der Waals surface area (Å²) in [6.07, 6.45) is 3.96. The topological polar surface area (TPSA) is 58.0 Å². The van der Waals surface area contributed by atoms with Gasteiger partial charge in [0.15, 0.2) is 5.65 Å². The van der Waals surface area contributed by atoms with E-state index in [2.05, 4.69) is 40.3 Å². The van der Waals surface area contributed by atoms with Crippen LogP contribution in [0.4, 0.5) is 8.78 Å². The van der Waals surface area contributed by atoms with E-state index in [0.29, 0.717) is 13.0 Å². The third-order valence-electron chi connectivity index (χ3n) is 6.81. The summed E-state index contributed by atoms with van der Waals surface area (Å²) in [5.41, 5.74) is 4.95. The van der Waals surface area contributed by atoms with Gasteiger partial charge in [-0.15, -0.1) is 11.3 Å². The van der Waals surface area contributed by atoms with Gasteiger partial charge < -0.3 is 10.3 Å². The van der Waals surface area contributed by atoms with Gasteiger partial charge in [-0.05, 0) is 62.4 Å². The molecule has 4 aromatic heterocycles. The maximum atomic E-state index is 15.0. The number of aryl methyl sites for hydroxylation is 2. The van der Waals surface area contributed by atoms with Crippen molar-refractivity contribution < 1.29 is 8.78 Å². The van der Waals surface area contributed by atoms with Gasteiger partial charge in [0.2, 0.25) is 0 Å². The van der Waals surface area contributed by atoms with Crippen LogP contribution in [0.5, 0.6) is 0 Å². The molecule has 0 spiro atoms.